The Labute approximate surface area is 112 Å². The van der Waals surface area contributed by atoms with Gasteiger partial charge in [-0.25, -0.2) is 8.42 Å². The van der Waals surface area contributed by atoms with Crippen LogP contribution in [0.2, 0.25) is 0 Å². The molecule has 1 aromatic heterocycles. The standard InChI is InChI=1S/C11H18N2O3S2/c1-8-10(7-12)11(9(2)16-8)18(14,15)13-3-5-17-6-4-13/h3-7,12H2,1-2H3. The summed E-state index contributed by atoms with van der Waals surface area (Å²) in [5.41, 5.74) is 6.25. The molecule has 5 nitrogen and oxygen atoms in total. The molecule has 102 valence electrons. The van der Waals surface area contributed by atoms with E-state index in [1.807, 2.05) is 0 Å². The summed E-state index contributed by atoms with van der Waals surface area (Å²) in [6.07, 6.45) is 0. The van der Waals surface area contributed by atoms with Gasteiger partial charge in [-0.1, -0.05) is 0 Å². The number of thioether (sulfide) groups is 1. The number of nitrogens with two attached hydrogens (primary N) is 1. The minimum Gasteiger partial charge on any atom is -0.465 e. The van der Waals surface area contributed by atoms with Crippen molar-refractivity contribution in [2.75, 3.05) is 24.6 Å². The van der Waals surface area contributed by atoms with E-state index in [2.05, 4.69) is 0 Å². The molecule has 0 atom stereocenters. The first-order chi connectivity index (χ1) is 8.48. The van der Waals surface area contributed by atoms with Crippen LogP contribution in [-0.2, 0) is 16.6 Å². The zero-order chi connectivity index (χ0) is 13.3. The van der Waals surface area contributed by atoms with Crippen LogP contribution < -0.4 is 5.73 Å². The average molecular weight is 290 g/mol. The smallest absolute Gasteiger partial charge is 0.246 e. The molecule has 1 fully saturated rings. The van der Waals surface area contributed by atoms with Crippen molar-refractivity contribution in [1.82, 2.24) is 4.31 Å². The largest absolute Gasteiger partial charge is 0.465 e. The van der Waals surface area contributed by atoms with E-state index in [9.17, 15) is 8.42 Å². The Bertz CT molecular complexity index is 531. The summed E-state index contributed by atoms with van der Waals surface area (Å²) >= 11 is 1.78. The lowest BCUT2D eigenvalue weighted by atomic mass is 10.2. The van der Waals surface area contributed by atoms with Gasteiger partial charge in [0.15, 0.2) is 0 Å². The van der Waals surface area contributed by atoms with E-state index in [1.54, 1.807) is 25.6 Å². The van der Waals surface area contributed by atoms with Crippen molar-refractivity contribution in [2.24, 2.45) is 5.73 Å². The summed E-state index contributed by atoms with van der Waals surface area (Å²) in [4.78, 5) is 0.273. The molecule has 0 saturated carbocycles. The number of hydrogen-bond acceptors (Lipinski definition) is 5. The van der Waals surface area contributed by atoms with E-state index in [0.29, 0.717) is 30.2 Å². The molecular weight excluding hydrogens is 272 g/mol. The van der Waals surface area contributed by atoms with E-state index in [-0.39, 0.29) is 11.4 Å². The molecule has 7 heteroatoms. The highest BCUT2D eigenvalue weighted by atomic mass is 32.2. The van der Waals surface area contributed by atoms with Crippen molar-refractivity contribution in [3.05, 3.63) is 17.1 Å². The van der Waals surface area contributed by atoms with Crippen molar-refractivity contribution in [3.8, 4) is 0 Å². The van der Waals surface area contributed by atoms with Crippen molar-refractivity contribution in [2.45, 2.75) is 25.3 Å². The first-order valence-corrected chi connectivity index (χ1v) is 8.44. The lowest BCUT2D eigenvalue weighted by molar-refractivity contribution is 0.439. The van der Waals surface area contributed by atoms with Gasteiger partial charge in [-0.05, 0) is 13.8 Å². The van der Waals surface area contributed by atoms with Gasteiger partial charge in [0.1, 0.15) is 16.4 Å². The molecule has 1 aliphatic rings. The van der Waals surface area contributed by atoms with Gasteiger partial charge < -0.3 is 10.2 Å². The molecule has 0 unspecified atom stereocenters. The summed E-state index contributed by atoms with van der Waals surface area (Å²) < 4.78 is 32.2. The SMILES string of the molecule is Cc1oc(C)c(S(=O)(=O)N2CCSCC2)c1CN. The second-order valence-electron chi connectivity index (χ2n) is 4.24. The Hall–Kier alpha value is -0.500. The van der Waals surface area contributed by atoms with Crippen LogP contribution in [0.15, 0.2) is 9.31 Å². The second-order valence-corrected chi connectivity index (χ2v) is 7.34. The molecule has 2 heterocycles. The minimum atomic E-state index is -3.47. The van der Waals surface area contributed by atoms with Crippen LogP contribution in [0.1, 0.15) is 17.1 Å². The number of nitrogens with zero attached hydrogens (tertiary/aromatic N) is 1. The predicted molar refractivity (Wildman–Crippen MR) is 72.2 cm³/mol. The quantitative estimate of drug-likeness (QED) is 0.902. The van der Waals surface area contributed by atoms with Crippen molar-refractivity contribution < 1.29 is 12.8 Å². The Balaban J connectivity index is 2.46. The van der Waals surface area contributed by atoms with Crippen molar-refractivity contribution in [3.63, 3.8) is 0 Å². The maximum Gasteiger partial charge on any atom is 0.246 e. The van der Waals surface area contributed by atoms with Crippen LogP contribution in [-0.4, -0.2) is 37.3 Å². The highest BCUT2D eigenvalue weighted by Gasteiger charge is 2.32. The number of furan rings is 1. The van der Waals surface area contributed by atoms with Gasteiger partial charge in [-0.2, -0.15) is 16.1 Å². The number of rotatable bonds is 3. The summed E-state index contributed by atoms with van der Waals surface area (Å²) in [6, 6.07) is 0. The fourth-order valence-electron chi connectivity index (χ4n) is 2.20. The molecule has 1 aliphatic heterocycles. The van der Waals surface area contributed by atoms with Crippen LogP contribution in [0.4, 0.5) is 0 Å². The van der Waals surface area contributed by atoms with Gasteiger partial charge >= 0.3 is 0 Å². The number of aryl methyl sites for hydroxylation is 2. The highest BCUT2D eigenvalue weighted by molar-refractivity contribution is 7.99. The van der Waals surface area contributed by atoms with E-state index in [1.165, 1.54) is 4.31 Å². The Morgan fingerprint density at radius 1 is 1.28 bits per heavy atom. The summed E-state index contributed by atoms with van der Waals surface area (Å²) in [5.74, 6) is 2.71. The number of sulfonamides is 1. The van der Waals surface area contributed by atoms with Crippen LogP contribution in [0, 0.1) is 13.8 Å². The Kier molecular flexibility index (Phi) is 4.05. The Morgan fingerprint density at radius 2 is 1.89 bits per heavy atom. The van der Waals surface area contributed by atoms with Crippen LogP contribution in [0.3, 0.4) is 0 Å². The molecule has 0 aliphatic carbocycles. The molecule has 0 bridgehead atoms. The fourth-order valence-corrected chi connectivity index (χ4v) is 5.20. The molecule has 1 saturated heterocycles. The second kappa shape index (κ2) is 5.24. The molecule has 1 aromatic rings. The van der Waals surface area contributed by atoms with Gasteiger partial charge in [0.05, 0.1) is 0 Å². The van der Waals surface area contributed by atoms with E-state index in [0.717, 1.165) is 11.5 Å². The van der Waals surface area contributed by atoms with Crippen molar-refractivity contribution in [1.29, 1.82) is 0 Å². The molecule has 0 amide bonds. The van der Waals surface area contributed by atoms with Gasteiger partial charge in [0, 0.05) is 36.7 Å². The maximum absolute atomic E-state index is 12.6. The lowest BCUT2D eigenvalue weighted by Gasteiger charge is -2.25. The first-order valence-electron chi connectivity index (χ1n) is 5.85. The summed E-state index contributed by atoms with van der Waals surface area (Å²) in [6.45, 7) is 4.72. The van der Waals surface area contributed by atoms with Crippen LogP contribution in [0.25, 0.3) is 0 Å². The first kappa shape index (κ1) is 13.9. The minimum absolute atomic E-state index is 0.181. The molecule has 2 N–H and O–H groups in total. The van der Waals surface area contributed by atoms with E-state index in [4.69, 9.17) is 10.2 Å². The fraction of sp³-hybridized carbons (Fsp3) is 0.636. The third kappa shape index (κ3) is 2.32. The van der Waals surface area contributed by atoms with Crippen LogP contribution in [0.5, 0.6) is 0 Å². The van der Waals surface area contributed by atoms with Gasteiger partial charge in [0.2, 0.25) is 10.0 Å². The average Bonchev–Trinajstić information content (AvgIpc) is 2.65. The maximum atomic E-state index is 12.6. The van der Waals surface area contributed by atoms with Gasteiger partial charge in [-0.3, -0.25) is 0 Å². The Morgan fingerprint density at radius 3 is 2.44 bits per heavy atom. The third-order valence-corrected chi connectivity index (χ3v) is 6.13. The zero-order valence-electron chi connectivity index (χ0n) is 10.6. The zero-order valence-corrected chi connectivity index (χ0v) is 12.2. The molecule has 18 heavy (non-hydrogen) atoms. The molecule has 2 rings (SSSR count). The summed E-state index contributed by atoms with van der Waals surface area (Å²) in [7, 11) is -3.47. The molecule has 0 aromatic carbocycles. The van der Waals surface area contributed by atoms with Crippen LogP contribution >= 0.6 is 11.8 Å². The number of hydrogen-bond donors (Lipinski definition) is 1. The topological polar surface area (TPSA) is 76.5 Å². The highest BCUT2D eigenvalue weighted by Crippen LogP contribution is 2.30. The van der Waals surface area contributed by atoms with Gasteiger partial charge in [0.25, 0.3) is 0 Å². The lowest BCUT2D eigenvalue weighted by Crippen LogP contribution is -2.38. The predicted octanol–water partition coefficient (Wildman–Crippen LogP) is 1.09. The van der Waals surface area contributed by atoms with Crippen molar-refractivity contribution >= 4 is 21.8 Å². The molecule has 0 radical (unpaired) electrons. The van der Waals surface area contributed by atoms with E-state index >= 15 is 0 Å². The third-order valence-electron chi connectivity index (χ3n) is 3.10. The van der Waals surface area contributed by atoms with Gasteiger partial charge in [-0.15, -0.1) is 0 Å². The summed E-state index contributed by atoms with van der Waals surface area (Å²) in [5, 5.41) is 0. The monoisotopic (exact) mass is 290 g/mol. The molecular formula is C11H18N2O3S2. The molecule has 0 spiro atoms. The van der Waals surface area contributed by atoms with E-state index < -0.39 is 10.0 Å². The normalized spacial score (nSPS) is 18.2.